The maximum atomic E-state index is 3.52. The number of para-hydroxylation sites is 2. The highest BCUT2D eigenvalue weighted by molar-refractivity contribution is 6.08. The molecule has 34 heavy (non-hydrogen) atoms. The summed E-state index contributed by atoms with van der Waals surface area (Å²) in [5.41, 5.74) is 9.61. The molecule has 2 nitrogen and oxygen atoms in total. The highest BCUT2D eigenvalue weighted by atomic mass is 15.1. The van der Waals surface area contributed by atoms with Gasteiger partial charge in [-0.1, -0.05) is 73.7 Å². The van der Waals surface area contributed by atoms with Crippen molar-refractivity contribution in [1.29, 1.82) is 0 Å². The molecule has 0 saturated heterocycles. The fraction of sp³-hybridized carbons (Fsp3) is 0.0625. The van der Waals surface area contributed by atoms with Crippen molar-refractivity contribution >= 4 is 38.9 Å². The minimum absolute atomic E-state index is 1.02. The lowest BCUT2D eigenvalue weighted by molar-refractivity contribution is 1.13. The van der Waals surface area contributed by atoms with Crippen LogP contribution >= 0.6 is 0 Å². The zero-order chi connectivity index (χ0) is 22.9. The number of aromatic amines is 1. The summed E-state index contributed by atoms with van der Waals surface area (Å²) in [6.07, 6.45) is 1.02. The van der Waals surface area contributed by atoms with Crippen LogP contribution < -0.4 is 4.90 Å². The minimum Gasteiger partial charge on any atom is -0.355 e. The van der Waals surface area contributed by atoms with E-state index in [9.17, 15) is 0 Å². The van der Waals surface area contributed by atoms with Gasteiger partial charge in [-0.05, 0) is 77.7 Å². The maximum Gasteiger partial charge on any atom is 0.0465 e. The number of H-pyrrole nitrogens is 1. The molecule has 0 spiro atoms. The van der Waals surface area contributed by atoms with Crippen molar-refractivity contribution in [2.45, 2.75) is 13.3 Å². The molecule has 2 heteroatoms. The first-order chi connectivity index (χ1) is 16.8. The lowest BCUT2D eigenvalue weighted by Gasteiger charge is -2.26. The van der Waals surface area contributed by atoms with E-state index >= 15 is 0 Å². The van der Waals surface area contributed by atoms with E-state index < -0.39 is 0 Å². The van der Waals surface area contributed by atoms with Crippen LogP contribution in [0.2, 0.25) is 0 Å². The second kappa shape index (κ2) is 8.57. The Bertz CT molecular complexity index is 1580. The summed E-state index contributed by atoms with van der Waals surface area (Å²) in [6, 6.07) is 43.5. The molecule has 0 atom stereocenters. The van der Waals surface area contributed by atoms with Gasteiger partial charge in [0.15, 0.2) is 0 Å². The molecule has 0 unspecified atom stereocenters. The summed E-state index contributed by atoms with van der Waals surface area (Å²) in [4.78, 5) is 5.84. The molecule has 1 aromatic heterocycles. The molecular formula is C32H26N2. The van der Waals surface area contributed by atoms with Crippen LogP contribution in [0.1, 0.15) is 12.5 Å². The van der Waals surface area contributed by atoms with Gasteiger partial charge in [0.05, 0.1) is 0 Å². The standard InChI is InChI=1S/C32H26N2/c1-2-23-9-8-12-28(21-23)34(26-10-4-3-5-11-26)27-18-15-24(16-19-27)25-17-20-32-30(22-25)29-13-6-7-14-31(29)33-32/h3-22,33H,2H2,1H3. The molecule has 6 aromatic rings. The topological polar surface area (TPSA) is 19.0 Å². The first-order valence-corrected chi connectivity index (χ1v) is 11.9. The molecule has 0 fully saturated rings. The number of hydrogen-bond donors (Lipinski definition) is 1. The molecule has 0 radical (unpaired) electrons. The quantitative estimate of drug-likeness (QED) is 0.284. The van der Waals surface area contributed by atoms with Crippen molar-refractivity contribution in [3.05, 3.63) is 127 Å². The first kappa shape index (κ1) is 20.3. The van der Waals surface area contributed by atoms with Crippen molar-refractivity contribution in [3.8, 4) is 11.1 Å². The van der Waals surface area contributed by atoms with E-state index in [1.165, 1.54) is 44.2 Å². The Morgan fingerprint density at radius 2 is 1.21 bits per heavy atom. The highest BCUT2D eigenvalue weighted by Gasteiger charge is 2.13. The first-order valence-electron chi connectivity index (χ1n) is 11.9. The van der Waals surface area contributed by atoms with Crippen molar-refractivity contribution in [3.63, 3.8) is 0 Å². The van der Waals surface area contributed by atoms with Crippen LogP contribution in [0.15, 0.2) is 121 Å². The lowest BCUT2D eigenvalue weighted by atomic mass is 10.0. The summed E-state index contributed by atoms with van der Waals surface area (Å²) in [6.45, 7) is 2.20. The Labute approximate surface area is 200 Å². The van der Waals surface area contributed by atoms with Crippen LogP contribution in [0.4, 0.5) is 17.1 Å². The lowest BCUT2D eigenvalue weighted by Crippen LogP contribution is -2.10. The Morgan fingerprint density at radius 3 is 2.03 bits per heavy atom. The third-order valence-corrected chi connectivity index (χ3v) is 6.56. The van der Waals surface area contributed by atoms with Gasteiger partial charge in [-0.25, -0.2) is 0 Å². The van der Waals surface area contributed by atoms with E-state index in [0.717, 1.165) is 17.8 Å². The predicted octanol–water partition coefficient (Wildman–Crippen LogP) is 9.02. The minimum atomic E-state index is 1.02. The number of anilines is 3. The monoisotopic (exact) mass is 438 g/mol. The second-order valence-electron chi connectivity index (χ2n) is 8.67. The van der Waals surface area contributed by atoms with Gasteiger partial charge in [-0.2, -0.15) is 0 Å². The molecule has 6 rings (SSSR count). The fourth-order valence-electron chi connectivity index (χ4n) is 4.77. The van der Waals surface area contributed by atoms with Crippen molar-refractivity contribution in [1.82, 2.24) is 4.98 Å². The SMILES string of the molecule is CCc1cccc(N(c2ccccc2)c2ccc(-c3ccc4[nH]c5ccccc5c4c3)cc2)c1. The molecule has 164 valence electrons. The van der Waals surface area contributed by atoms with Crippen LogP contribution in [0, 0.1) is 0 Å². The molecular weight excluding hydrogens is 412 g/mol. The Kier molecular flexibility index (Phi) is 5.12. The number of benzene rings is 5. The van der Waals surface area contributed by atoms with Crippen molar-refractivity contribution in [2.75, 3.05) is 4.90 Å². The fourth-order valence-corrected chi connectivity index (χ4v) is 4.77. The smallest absolute Gasteiger partial charge is 0.0465 e. The van der Waals surface area contributed by atoms with Crippen LogP contribution in [-0.4, -0.2) is 4.98 Å². The number of nitrogens with one attached hydrogen (secondary N) is 1. The maximum absolute atomic E-state index is 3.52. The third-order valence-electron chi connectivity index (χ3n) is 6.56. The van der Waals surface area contributed by atoms with Gasteiger partial charge in [0.25, 0.3) is 0 Å². The predicted molar refractivity (Wildman–Crippen MR) is 145 cm³/mol. The zero-order valence-electron chi connectivity index (χ0n) is 19.2. The molecule has 0 aliphatic carbocycles. The second-order valence-corrected chi connectivity index (χ2v) is 8.67. The summed E-state index contributed by atoms with van der Waals surface area (Å²) < 4.78 is 0. The van der Waals surface area contributed by atoms with Crippen LogP contribution in [0.25, 0.3) is 32.9 Å². The van der Waals surface area contributed by atoms with Gasteiger partial charge >= 0.3 is 0 Å². The van der Waals surface area contributed by atoms with Crippen LogP contribution in [0.3, 0.4) is 0 Å². The van der Waals surface area contributed by atoms with E-state index in [1.54, 1.807) is 0 Å². The summed E-state index contributed by atoms with van der Waals surface area (Å²) in [7, 11) is 0. The van der Waals surface area contributed by atoms with Gasteiger partial charge in [0.1, 0.15) is 0 Å². The van der Waals surface area contributed by atoms with Gasteiger partial charge < -0.3 is 9.88 Å². The van der Waals surface area contributed by atoms with Crippen LogP contribution in [-0.2, 0) is 6.42 Å². The van der Waals surface area contributed by atoms with Gasteiger partial charge in [0, 0.05) is 38.9 Å². The van der Waals surface area contributed by atoms with E-state index in [-0.39, 0.29) is 0 Å². The number of aryl methyl sites for hydroxylation is 1. The largest absolute Gasteiger partial charge is 0.355 e. The molecule has 1 N–H and O–H groups in total. The Hall–Kier alpha value is -4.30. The number of hydrogen-bond acceptors (Lipinski definition) is 1. The normalized spacial score (nSPS) is 11.2. The van der Waals surface area contributed by atoms with Gasteiger partial charge in [-0.3, -0.25) is 0 Å². The summed E-state index contributed by atoms with van der Waals surface area (Å²) in [5, 5.41) is 2.53. The number of nitrogens with zero attached hydrogens (tertiary/aromatic N) is 1. The Balaban J connectivity index is 1.41. The van der Waals surface area contributed by atoms with Gasteiger partial charge in [0.2, 0.25) is 0 Å². The molecule has 0 aliphatic heterocycles. The van der Waals surface area contributed by atoms with Crippen molar-refractivity contribution < 1.29 is 0 Å². The molecule has 0 bridgehead atoms. The molecule has 0 amide bonds. The Morgan fingerprint density at radius 1 is 0.529 bits per heavy atom. The number of aromatic nitrogens is 1. The van der Waals surface area contributed by atoms with E-state index in [0.29, 0.717) is 0 Å². The van der Waals surface area contributed by atoms with E-state index in [1.807, 2.05) is 0 Å². The molecule has 0 saturated carbocycles. The van der Waals surface area contributed by atoms with Crippen molar-refractivity contribution in [2.24, 2.45) is 0 Å². The average Bonchev–Trinajstić information content (AvgIpc) is 3.28. The molecule has 0 aliphatic rings. The zero-order valence-corrected chi connectivity index (χ0v) is 19.2. The summed E-state index contributed by atoms with van der Waals surface area (Å²) >= 11 is 0. The van der Waals surface area contributed by atoms with E-state index in [2.05, 4.69) is 138 Å². The van der Waals surface area contributed by atoms with E-state index in [4.69, 9.17) is 0 Å². The molecule has 5 aromatic carbocycles. The number of fused-ring (bicyclic) bond motifs is 3. The molecule has 1 heterocycles. The van der Waals surface area contributed by atoms with Gasteiger partial charge in [-0.15, -0.1) is 0 Å². The highest BCUT2D eigenvalue weighted by Crippen LogP contribution is 2.36. The summed E-state index contributed by atoms with van der Waals surface area (Å²) in [5.74, 6) is 0. The third kappa shape index (κ3) is 3.64. The average molecular weight is 439 g/mol. The number of rotatable bonds is 5. The van der Waals surface area contributed by atoms with Crippen LogP contribution in [0.5, 0.6) is 0 Å².